The summed E-state index contributed by atoms with van der Waals surface area (Å²) in [5.41, 5.74) is 0.731. The molecule has 192 valence electrons. The van der Waals surface area contributed by atoms with Crippen LogP contribution in [0.1, 0.15) is 55.3 Å². The molecule has 0 fully saturated rings. The first kappa shape index (κ1) is 24.9. The molecule has 0 saturated carbocycles. The number of aromatic amines is 1. The van der Waals surface area contributed by atoms with Crippen molar-refractivity contribution in [2.45, 2.75) is 51.9 Å². The molecular weight excluding hydrogens is 488 g/mol. The van der Waals surface area contributed by atoms with Crippen molar-refractivity contribution in [3.8, 4) is 5.75 Å². The summed E-state index contributed by atoms with van der Waals surface area (Å²) in [7, 11) is 1.63. The molecule has 1 unspecified atom stereocenters. The summed E-state index contributed by atoms with van der Waals surface area (Å²) in [5, 5.41) is 15.8. The number of thiophene rings is 1. The summed E-state index contributed by atoms with van der Waals surface area (Å²) >= 11 is 1.67. The minimum absolute atomic E-state index is 0.192. The van der Waals surface area contributed by atoms with E-state index in [1.807, 2.05) is 47.1 Å². The molecule has 0 amide bonds. The number of rotatable bonds is 10. The summed E-state index contributed by atoms with van der Waals surface area (Å²) < 4.78 is 13.0. The zero-order valence-electron chi connectivity index (χ0n) is 21.3. The normalized spacial score (nSPS) is 12.9. The van der Waals surface area contributed by atoms with Crippen molar-refractivity contribution in [3.63, 3.8) is 0 Å². The molecular formula is C27H30N6O3S. The highest BCUT2D eigenvalue weighted by Gasteiger charge is 2.35. The molecule has 0 radical (unpaired) electrons. The molecule has 0 aliphatic carbocycles. The number of aromatic nitrogens is 5. The number of benzene rings is 1. The van der Waals surface area contributed by atoms with Crippen molar-refractivity contribution in [1.29, 1.82) is 0 Å². The number of methoxy groups -OCH3 is 1. The van der Waals surface area contributed by atoms with Crippen LogP contribution < -0.4 is 10.3 Å². The van der Waals surface area contributed by atoms with Crippen LogP contribution in [0.2, 0.25) is 0 Å². The molecule has 10 heteroatoms. The lowest BCUT2D eigenvalue weighted by Gasteiger charge is -2.33. The van der Waals surface area contributed by atoms with Crippen LogP contribution in [-0.4, -0.2) is 37.2 Å². The maximum atomic E-state index is 13.7. The lowest BCUT2D eigenvalue weighted by atomic mass is 9.99. The molecule has 1 atom stereocenters. The van der Waals surface area contributed by atoms with Crippen LogP contribution in [-0.2, 0) is 18.6 Å². The molecule has 5 rings (SSSR count). The summed E-state index contributed by atoms with van der Waals surface area (Å²) in [6.45, 7) is 7.33. The standard InChI is InChI=1S/C27H30N6O3S/c1-5-27(2,3)33-25(29-30-31-33)24(22-15-18-14-19(35-4)10-11-23(18)28-26(22)34)32(16-20-8-6-12-36-20)17-21-9-7-13-37-21/h6-15,24H,5,16-17H2,1-4H3,(H,28,34). The Hall–Kier alpha value is -3.76. The van der Waals surface area contributed by atoms with Crippen molar-refractivity contribution in [2.75, 3.05) is 7.11 Å². The van der Waals surface area contributed by atoms with E-state index in [1.165, 1.54) is 0 Å². The molecule has 0 bridgehead atoms. The highest BCUT2D eigenvalue weighted by molar-refractivity contribution is 7.09. The van der Waals surface area contributed by atoms with E-state index in [4.69, 9.17) is 9.15 Å². The first-order valence-electron chi connectivity index (χ1n) is 12.2. The van der Waals surface area contributed by atoms with Crippen LogP contribution in [0.4, 0.5) is 0 Å². The van der Waals surface area contributed by atoms with Gasteiger partial charge in [0.2, 0.25) is 0 Å². The van der Waals surface area contributed by atoms with Crippen LogP contribution in [0.15, 0.2) is 69.4 Å². The van der Waals surface area contributed by atoms with Gasteiger partial charge in [0.05, 0.1) is 25.5 Å². The van der Waals surface area contributed by atoms with Gasteiger partial charge in [-0.15, -0.1) is 16.4 Å². The van der Waals surface area contributed by atoms with Gasteiger partial charge in [-0.1, -0.05) is 13.0 Å². The van der Waals surface area contributed by atoms with Gasteiger partial charge in [-0.3, -0.25) is 9.69 Å². The van der Waals surface area contributed by atoms with Crippen LogP contribution in [0.5, 0.6) is 5.75 Å². The van der Waals surface area contributed by atoms with Crippen molar-refractivity contribution >= 4 is 22.2 Å². The summed E-state index contributed by atoms with van der Waals surface area (Å²) in [6.07, 6.45) is 2.47. The number of nitrogens with one attached hydrogen (secondary N) is 1. The molecule has 1 aromatic carbocycles. The smallest absolute Gasteiger partial charge is 0.253 e. The molecule has 0 spiro atoms. The predicted molar refractivity (Wildman–Crippen MR) is 143 cm³/mol. The average molecular weight is 519 g/mol. The number of hydrogen-bond acceptors (Lipinski definition) is 8. The van der Waals surface area contributed by atoms with Crippen LogP contribution in [0.3, 0.4) is 0 Å². The predicted octanol–water partition coefficient (Wildman–Crippen LogP) is 5.11. The number of hydrogen-bond donors (Lipinski definition) is 1. The van der Waals surface area contributed by atoms with Gasteiger partial charge in [-0.05, 0) is 78.5 Å². The maximum absolute atomic E-state index is 13.7. The third-order valence-corrected chi connectivity index (χ3v) is 7.66. The maximum Gasteiger partial charge on any atom is 0.253 e. The quantitative estimate of drug-likeness (QED) is 0.274. The molecule has 4 heterocycles. The Morgan fingerprint density at radius 2 is 2.05 bits per heavy atom. The van der Waals surface area contributed by atoms with Gasteiger partial charge in [-0.25, -0.2) is 4.68 Å². The largest absolute Gasteiger partial charge is 0.497 e. The average Bonchev–Trinajstić information content (AvgIpc) is 3.68. The minimum atomic E-state index is -0.549. The molecule has 5 aromatic rings. The minimum Gasteiger partial charge on any atom is -0.497 e. The van der Waals surface area contributed by atoms with E-state index in [0.717, 1.165) is 28.0 Å². The Balaban J connectivity index is 1.73. The number of pyridine rings is 1. The van der Waals surface area contributed by atoms with E-state index in [-0.39, 0.29) is 11.1 Å². The molecule has 0 saturated heterocycles. The Morgan fingerprint density at radius 3 is 2.76 bits per heavy atom. The summed E-state index contributed by atoms with van der Waals surface area (Å²) in [4.78, 5) is 20.1. The summed E-state index contributed by atoms with van der Waals surface area (Å²) in [5.74, 6) is 2.10. The molecule has 37 heavy (non-hydrogen) atoms. The Labute approximate surface area is 218 Å². The van der Waals surface area contributed by atoms with Gasteiger partial charge in [0.1, 0.15) is 17.6 Å². The van der Waals surface area contributed by atoms with Crippen LogP contribution in [0, 0.1) is 0 Å². The fourth-order valence-corrected chi connectivity index (χ4v) is 5.15. The van der Waals surface area contributed by atoms with Gasteiger partial charge in [0.15, 0.2) is 5.82 Å². The molecule has 0 aliphatic heterocycles. The van der Waals surface area contributed by atoms with E-state index in [2.05, 4.69) is 57.6 Å². The van der Waals surface area contributed by atoms with Crippen LogP contribution in [0.25, 0.3) is 10.9 Å². The Morgan fingerprint density at radius 1 is 1.19 bits per heavy atom. The van der Waals surface area contributed by atoms with Gasteiger partial charge in [0, 0.05) is 27.9 Å². The molecule has 4 aromatic heterocycles. The number of H-pyrrole nitrogens is 1. The summed E-state index contributed by atoms with van der Waals surface area (Å²) in [6, 6.07) is 14.9. The van der Waals surface area contributed by atoms with Gasteiger partial charge < -0.3 is 14.1 Å². The third-order valence-electron chi connectivity index (χ3n) is 6.79. The fourth-order valence-electron chi connectivity index (χ4n) is 4.42. The Kier molecular flexibility index (Phi) is 6.94. The molecule has 9 nitrogen and oxygen atoms in total. The first-order valence-corrected chi connectivity index (χ1v) is 13.1. The fraction of sp³-hybridized carbons (Fsp3) is 0.333. The van der Waals surface area contributed by atoms with Crippen molar-refractivity contribution in [2.24, 2.45) is 0 Å². The third kappa shape index (κ3) is 5.07. The van der Waals surface area contributed by atoms with Gasteiger partial charge >= 0.3 is 0 Å². The van der Waals surface area contributed by atoms with E-state index < -0.39 is 6.04 Å². The number of nitrogens with zero attached hydrogens (tertiary/aromatic N) is 5. The highest BCUT2D eigenvalue weighted by atomic mass is 32.1. The second-order valence-corrected chi connectivity index (χ2v) is 10.6. The number of furan rings is 1. The van der Waals surface area contributed by atoms with E-state index in [9.17, 15) is 4.79 Å². The van der Waals surface area contributed by atoms with Crippen LogP contribution >= 0.6 is 11.3 Å². The van der Waals surface area contributed by atoms with E-state index >= 15 is 0 Å². The van der Waals surface area contributed by atoms with Gasteiger partial charge in [-0.2, -0.15) is 0 Å². The zero-order valence-corrected chi connectivity index (χ0v) is 22.2. The number of tetrazole rings is 1. The second kappa shape index (κ2) is 10.3. The second-order valence-electron chi connectivity index (χ2n) is 9.59. The lowest BCUT2D eigenvalue weighted by molar-refractivity contribution is 0.169. The SMILES string of the molecule is CCC(C)(C)n1nnnc1C(c1cc2cc(OC)ccc2[nH]c1=O)N(Cc1ccco1)Cc1cccs1. The monoisotopic (exact) mass is 518 g/mol. The number of fused-ring (bicyclic) bond motifs is 1. The zero-order chi connectivity index (χ0) is 26.0. The van der Waals surface area contributed by atoms with Crippen molar-refractivity contribution < 1.29 is 9.15 Å². The van der Waals surface area contributed by atoms with E-state index in [1.54, 1.807) is 24.7 Å². The molecule has 0 aliphatic rings. The highest BCUT2D eigenvalue weighted by Crippen LogP contribution is 2.33. The van der Waals surface area contributed by atoms with Crippen molar-refractivity contribution in [1.82, 2.24) is 30.1 Å². The Bertz CT molecular complexity index is 1490. The lowest BCUT2D eigenvalue weighted by Crippen LogP contribution is -2.37. The van der Waals surface area contributed by atoms with Gasteiger partial charge in [0.25, 0.3) is 5.56 Å². The van der Waals surface area contributed by atoms with Crippen molar-refractivity contribution in [3.05, 3.63) is 92.6 Å². The molecule has 1 N–H and O–H groups in total. The first-order chi connectivity index (χ1) is 17.9. The number of ether oxygens (including phenoxy) is 1. The topological polar surface area (TPSA) is 102 Å². The van der Waals surface area contributed by atoms with E-state index in [0.29, 0.717) is 30.2 Å².